The van der Waals surface area contributed by atoms with Crippen LogP contribution in [0.15, 0.2) is 18.2 Å². The highest BCUT2D eigenvalue weighted by Crippen LogP contribution is 2.10. The van der Waals surface area contributed by atoms with Gasteiger partial charge >= 0.3 is 0 Å². The lowest BCUT2D eigenvalue weighted by Gasteiger charge is -2.05. The number of carbonyl (C=O) groups excluding carboxylic acids is 1. The van der Waals surface area contributed by atoms with E-state index in [0.29, 0.717) is 11.6 Å². The molecule has 0 unspecified atom stereocenters. The van der Waals surface area contributed by atoms with Crippen LogP contribution in [-0.2, 0) is 7.05 Å². The SMILES string of the molecule is CCNc1ccc(C(=O)Nc2cc(C)nn2C)nn1. The van der Waals surface area contributed by atoms with Gasteiger partial charge < -0.3 is 10.6 Å². The molecule has 7 heteroatoms. The Labute approximate surface area is 111 Å². The van der Waals surface area contributed by atoms with E-state index in [2.05, 4.69) is 25.9 Å². The highest BCUT2D eigenvalue weighted by atomic mass is 16.2. The molecular formula is C12H16N6O. The fraction of sp³-hybridized carbons (Fsp3) is 0.333. The quantitative estimate of drug-likeness (QED) is 0.863. The molecule has 0 bridgehead atoms. The lowest BCUT2D eigenvalue weighted by Crippen LogP contribution is -2.16. The molecule has 0 spiro atoms. The van der Waals surface area contributed by atoms with Crippen LogP contribution in [0.5, 0.6) is 0 Å². The minimum absolute atomic E-state index is 0.264. The van der Waals surface area contributed by atoms with Crippen LogP contribution < -0.4 is 10.6 Å². The van der Waals surface area contributed by atoms with Gasteiger partial charge in [0.1, 0.15) is 11.6 Å². The van der Waals surface area contributed by atoms with Crippen molar-refractivity contribution >= 4 is 17.5 Å². The molecule has 2 aromatic rings. The summed E-state index contributed by atoms with van der Waals surface area (Å²) in [5, 5.41) is 17.7. The van der Waals surface area contributed by atoms with Crippen molar-refractivity contribution in [1.29, 1.82) is 0 Å². The van der Waals surface area contributed by atoms with Gasteiger partial charge in [-0.3, -0.25) is 9.48 Å². The minimum atomic E-state index is -0.307. The first-order valence-corrected chi connectivity index (χ1v) is 5.99. The Kier molecular flexibility index (Phi) is 3.74. The minimum Gasteiger partial charge on any atom is -0.369 e. The van der Waals surface area contributed by atoms with Crippen LogP contribution in [0, 0.1) is 6.92 Å². The maximum atomic E-state index is 12.0. The number of anilines is 2. The Morgan fingerprint density at radius 1 is 1.37 bits per heavy atom. The topological polar surface area (TPSA) is 84.7 Å². The van der Waals surface area contributed by atoms with Crippen LogP contribution in [-0.4, -0.2) is 32.4 Å². The Hall–Kier alpha value is -2.44. The molecule has 0 atom stereocenters. The van der Waals surface area contributed by atoms with Crippen LogP contribution in [0.3, 0.4) is 0 Å². The molecule has 2 N–H and O–H groups in total. The number of aromatic nitrogens is 4. The molecular weight excluding hydrogens is 244 g/mol. The van der Waals surface area contributed by atoms with Crippen LogP contribution in [0.25, 0.3) is 0 Å². The highest BCUT2D eigenvalue weighted by molar-refractivity contribution is 6.02. The molecule has 0 saturated heterocycles. The number of nitrogens with zero attached hydrogens (tertiary/aromatic N) is 4. The number of hydrogen-bond acceptors (Lipinski definition) is 5. The summed E-state index contributed by atoms with van der Waals surface area (Å²) in [7, 11) is 1.77. The van der Waals surface area contributed by atoms with Gasteiger partial charge in [0, 0.05) is 19.7 Å². The van der Waals surface area contributed by atoms with Gasteiger partial charge in [-0.15, -0.1) is 10.2 Å². The number of carbonyl (C=O) groups is 1. The molecule has 0 aliphatic rings. The zero-order chi connectivity index (χ0) is 13.8. The van der Waals surface area contributed by atoms with E-state index in [1.165, 1.54) is 0 Å². The second kappa shape index (κ2) is 5.47. The van der Waals surface area contributed by atoms with Crippen molar-refractivity contribution in [2.75, 3.05) is 17.2 Å². The van der Waals surface area contributed by atoms with E-state index in [4.69, 9.17) is 0 Å². The molecule has 2 aromatic heterocycles. The number of hydrogen-bond donors (Lipinski definition) is 2. The number of rotatable bonds is 4. The van der Waals surface area contributed by atoms with Gasteiger partial charge in [-0.1, -0.05) is 0 Å². The predicted molar refractivity (Wildman–Crippen MR) is 72.1 cm³/mol. The Morgan fingerprint density at radius 2 is 2.16 bits per heavy atom. The van der Waals surface area contributed by atoms with Crippen molar-refractivity contribution in [3.05, 3.63) is 29.6 Å². The van der Waals surface area contributed by atoms with Gasteiger partial charge in [-0.05, 0) is 26.0 Å². The van der Waals surface area contributed by atoms with Crippen molar-refractivity contribution in [2.24, 2.45) is 7.05 Å². The van der Waals surface area contributed by atoms with Crippen LogP contribution in [0.2, 0.25) is 0 Å². The summed E-state index contributed by atoms with van der Waals surface area (Å²) in [6.45, 7) is 4.59. The second-order valence-corrected chi connectivity index (χ2v) is 4.08. The summed E-state index contributed by atoms with van der Waals surface area (Å²) < 4.78 is 1.60. The predicted octanol–water partition coefficient (Wildman–Crippen LogP) is 1.20. The molecule has 1 amide bonds. The zero-order valence-corrected chi connectivity index (χ0v) is 11.1. The lowest BCUT2D eigenvalue weighted by molar-refractivity contribution is 0.102. The third-order valence-electron chi connectivity index (χ3n) is 2.50. The zero-order valence-electron chi connectivity index (χ0n) is 11.1. The lowest BCUT2D eigenvalue weighted by atomic mass is 10.3. The molecule has 100 valence electrons. The molecule has 2 rings (SSSR count). The normalized spacial score (nSPS) is 10.3. The first-order valence-electron chi connectivity index (χ1n) is 5.99. The van der Waals surface area contributed by atoms with Gasteiger partial charge in [0.2, 0.25) is 0 Å². The summed E-state index contributed by atoms with van der Waals surface area (Å²) in [5.41, 5.74) is 1.10. The van der Waals surface area contributed by atoms with E-state index in [0.717, 1.165) is 12.2 Å². The summed E-state index contributed by atoms with van der Waals surface area (Å²) in [5.74, 6) is 0.967. The maximum absolute atomic E-state index is 12.0. The van der Waals surface area contributed by atoms with Gasteiger partial charge in [-0.2, -0.15) is 5.10 Å². The van der Waals surface area contributed by atoms with Crippen LogP contribution in [0.1, 0.15) is 23.1 Å². The van der Waals surface area contributed by atoms with Crippen LogP contribution >= 0.6 is 0 Å². The van der Waals surface area contributed by atoms with E-state index < -0.39 is 0 Å². The Balaban J connectivity index is 2.09. The van der Waals surface area contributed by atoms with Gasteiger partial charge in [0.05, 0.1) is 5.69 Å². The largest absolute Gasteiger partial charge is 0.369 e. The van der Waals surface area contributed by atoms with Crippen molar-refractivity contribution < 1.29 is 4.79 Å². The fourth-order valence-electron chi connectivity index (χ4n) is 1.64. The Morgan fingerprint density at radius 3 is 2.68 bits per heavy atom. The number of amides is 1. The summed E-state index contributed by atoms with van der Waals surface area (Å²) in [6.07, 6.45) is 0. The molecule has 0 aliphatic heterocycles. The van der Waals surface area contributed by atoms with Gasteiger partial charge in [-0.25, -0.2) is 0 Å². The van der Waals surface area contributed by atoms with Gasteiger partial charge in [0.15, 0.2) is 5.69 Å². The van der Waals surface area contributed by atoms with Crippen molar-refractivity contribution in [3.8, 4) is 0 Å². The average molecular weight is 260 g/mol. The highest BCUT2D eigenvalue weighted by Gasteiger charge is 2.11. The smallest absolute Gasteiger partial charge is 0.277 e. The summed E-state index contributed by atoms with van der Waals surface area (Å²) >= 11 is 0. The molecule has 0 aromatic carbocycles. The van der Waals surface area contributed by atoms with E-state index >= 15 is 0 Å². The van der Waals surface area contributed by atoms with Crippen molar-refractivity contribution in [1.82, 2.24) is 20.0 Å². The van der Waals surface area contributed by atoms with Crippen molar-refractivity contribution in [3.63, 3.8) is 0 Å². The maximum Gasteiger partial charge on any atom is 0.277 e. The first-order chi connectivity index (χ1) is 9.10. The van der Waals surface area contributed by atoms with E-state index in [9.17, 15) is 4.79 Å². The average Bonchev–Trinajstić information content (AvgIpc) is 2.69. The number of nitrogens with one attached hydrogen (secondary N) is 2. The van der Waals surface area contributed by atoms with E-state index in [-0.39, 0.29) is 11.6 Å². The molecule has 0 saturated carbocycles. The van der Waals surface area contributed by atoms with E-state index in [1.54, 1.807) is 29.9 Å². The molecule has 0 radical (unpaired) electrons. The van der Waals surface area contributed by atoms with Crippen LogP contribution in [0.4, 0.5) is 11.6 Å². The fourth-order valence-corrected chi connectivity index (χ4v) is 1.64. The van der Waals surface area contributed by atoms with Gasteiger partial charge in [0.25, 0.3) is 5.91 Å². The standard InChI is InChI=1S/C12H16N6O/c1-4-13-10-6-5-9(15-16-10)12(19)14-11-7-8(2)17-18(11)3/h5-7H,4H2,1-3H3,(H,13,16)(H,14,19). The third kappa shape index (κ3) is 3.06. The Bertz CT molecular complexity index is 574. The second-order valence-electron chi connectivity index (χ2n) is 4.08. The monoisotopic (exact) mass is 260 g/mol. The third-order valence-corrected chi connectivity index (χ3v) is 2.50. The molecule has 0 fully saturated rings. The van der Waals surface area contributed by atoms with E-state index in [1.807, 2.05) is 13.8 Å². The molecule has 2 heterocycles. The summed E-state index contributed by atoms with van der Waals surface area (Å²) in [4.78, 5) is 12.0. The summed E-state index contributed by atoms with van der Waals surface area (Å²) in [6, 6.07) is 5.14. The molecule has 19 heavy (non-hydrogen) atoms. The number of aryl methyl sites for hydroxylation is 2. The van der Waals surface area contributed by atoms with Crippen molar-refractivity contribution in [2.45, 2.75) is 13.8 Å². The first kappa shape index (κ1) is 13.0. The molecule has 0 aliphatic carbocycles. The molecule has 7 nitrogen and oxygen atoms in total.